The summed E-state index contributed by atoms with van der Waals surface area (Å²) in [4.78, 5) is 0. The Kier molecular flexibility index (Phi) is 7.25. The molecule has 0 aliphatic rings. The van der Waals surface area contributed by atoms with Gasteiger partial charge in [0.25, 0.3) is 0 Å². The van der Waals surface area contributed by atoms with Crippen LogP contribution >= 0.6 is 0 Å². The van der Waals surface area contributed by atoms with Crippen LogP contribution in [0.15, 0.2) is 212 Å². The van der Waals surface area contributed by atoms with Crippen molar-refractivity contribution in [1.82, 2.24) is 4.57 Å². The summed E-state index contributed by atoms with van der Waals surface area (Å²) in [5.74, 6) is 0. The van der Waals surface area contributed by atoms with Crippen molar-refractivity contribution >= 4 is 54.1 Å². The van der Waals surface area contributed by atoms with Gasteiger partial charge in [-0.15, -0.1) is 0 Å². The van der Waals surface area contributed by atoms with Gasteiger partial charge in [-0.05, 0) is 125 Å². The molecule has 0 spiro atoms. The monoisotopic (exact) mass is 697 g/mol. The molecular weight excluding hydrogens is 663 g/mol. The van der Waals surface area contributed by atoms with Gasteiger partial charge in [-0.25, -0.2) is 0 Å². The first-order valence-corrected chi connectivity index (χ1v) is 19.0. The minimum absolute atomic E-state index is 1.16. The molecule has 0 N–H and O–H groups in total. The van der Waals surface area contributed by atoms with Crippen molar-refractivity contribution in [2.75, 3.05) is 0 Å². The molecule has 0 radical (unpaired) electrons. The van der Waals surface area contributed by atoms with E-state index in [1.807, 2.05) is 0 Å². The van der Waals surface area contributed by atoms with Crippen molar-refractivity contribution in [1.29, 1.82) is 0 Å². The molecular formula is C54H35N. The summed E-state index contributed by atoms with van der Waals surface area (Å²) in [6.07, 6.45) is 0. The average Bonchev–Trinajstić information content (AvgIpc) is 3.59. The Morgan fingerprint density at radius 1 is 0.236 bits per heavy atom. The quantitative estimate of drug-likeness (QED) is 0.169. The molecule has 55 heavy (non-hydrogen) atoms. The molecule has 1 nitrogen and oxygen atoms in total. The summed E-state index contributed by atoms with van der Waals surface area (Å²) in [6, 6.07) is 77.8. The lowest BCUT2D eigenvalue weighted by atomic mass is 9.95. The van der Waals surface area contributed by atoms with E-state index in [0.29, 0.717) is 0 Å². The van der Waals surface area contributed by atoms with E-state index in [1.54, 1.807) is 0 Å². The molecule has 1 heteroatoms. The van der Waals surface area contributed by atoms with Gasteiger partial charge in [-0.2, -0.15) is 0 Å². The van der Waals surface area contributed by atoms with Crippen LogP contribution in [0.2, 0.25) is 0 Å². The van der Waals surface area contributed by atoms with Crippen LogP contribution < -0.4 is 0 Å². The fraction of sp³-hybridized carbons (Fsp3) is 0. The number of fused-ring (bicyclic) bond motifs is 6. The van der Waals surface area contributed by atoms with Gasteiger partial charge in [0, 0.05) is 16.5 Å². The summed E-state index contributed by atoms with van der Waals surface area (Å²) in [5.41, 5.74) is 13.4. The van der Waals surface area contributed by atoms with Crippen molar-refractivity contribution in [2.24, 2.45) is 0 Å². The van der Waals surface area contributed by atoms with Crippen molar-refractivity contribution in [3.05, 3.63) is 212 Å². The number of hydrogen-bond donors (Lipinski definition) is 0. The average molecular weight is 698 g/mol. The Bertz CT molecular complexity index is 3230. The summed E-state index contributed by atoms with van der Waals surface area (Å²) < 4.78 is 2.40. The fourth-order valence-corrected chi connectivity index (χ4v) is 8.53. The highest BCUT2D eigenvalue weighted by Gasteiger charge is 2.14. The van der Waals surface area contributed by atoms with Crippen molar-refractivity contribution in [2.45, 2.75) is 0 Å². The van der Waals surface area contributed by atoms with Crippen LogP contribution in [0.3, 0.4) is 0 Å². The maximum absolute atomic E-state index is 2.40. The summed E-state index contributed by atoms with van der Waals surface area (Å²) in [6.45, 7) is 0. The van der Waals surface area contributed by atoms with Crippen LogP contribution in [0.4, 0.5) is 0 Å². The van der Waals surface area contributed by atoms with E-state index in [9.17, 15) is 0 Å². The molecule has 0 amide bonds. The largest absolute Gasteiger partial charge is 0.309 e. The van der Waals surface area contributed by atoms with E-state index < -0.39 is 0 Å². The van der Waals surface area contributed by atoms with E-state index >= 15 is 0 Å². The lowest BCUT2D eigenvalue weighted by Crippen LogP contribution is -1.94. The van der Waals surface area contributed by atoms with Crippen LogP contribution in [-0.2, 0) is 0 Å². The van der Waals surface area contributed by atoms with Crippen LogP contribution in [0.25, 0.3) is 104 Å². The third-order valence-electron chi connectivity index (χ3n) is 11.4. The Morgan fingerprint density at radius 2 is 0.691 bits per heavy atom. The zero-order valence-electron chi connectivity index (χ0n) is 30.2. The van der Waals surface area contributed by atoms with Crippen molar-refractivity contribution in [3.8, 4) is 50.2 Å². The third kappa shape index (κ3) is 5.40. The second-order valence-electron chi connectivity index (χ2n) is 14.6. The van der Waals surface area contributed by atoms with Gasteiger partial charge in [-0.1, -0.05) is 164 Å². The second-order valence-corrected chi connectivity index (χ2v) is 14.6. The van der Waals surface area contributed by atoms with Crippen LogP contribution in [0.1, 0.15) is 0 Å². The number of hydrogen-bond acceptors (Lipinski definition) is 0. The molecule has 0 unspecified atom stereocenters. The van der Waals surface area contributed by atoms with Gasteiger partial charge >= 0.3 is 0 Å². The number of aromatic nitrogens is 1. The zero-order chi connectivity index (χ0) is 36.3. The topological polar surface area (TPSA) is 4.93 Å². The number of nitrogens with zero attached hydrogens (tertiary/aromatic N) is 1. The first-order chi connectivity index (χ1) is 27.2. The lowest BCUT2D eigenvalue weighted by molar-refractivity contribution is 1.18. The molecule has 0 aliphatic carbocycles. The normalized spacial score (nSPS) is 11.6. The SMILES string of the molecule is c1ccc2cc(-c3ccc4cc(-c5ccc(-c6ccc7c(c6)c6ccccc6n7-c6ccc(-c7cccc8ccccc78)cc6)cc5)ccc4c3)ccc2c1. The molecule has 0 bridgehead atoms. The van der Waals surface area contributed by atoms with Crippen LogP contribution in [0, 0.1) is 0 Å². The molecule has 1 aromatic heterocycles. The van der Waals surface area contributed by atoms with Gasteiger partial charge in [-0.3, -0.25) is 0 Å². The molecule has 1 heterocycles. The van der Waals surface area contributed by atoms with Gasteiger partial charge in [0.05, 0.1) is 11.0 Å². The lowest BCUT2D eigenvalue weighted by Gasteiger charge is -2.11. The van der Waals surface area contributed by atoms with E-state index in [2.05, 4.69) is 217 Å². The smallest absolute Gasteiger partial charge is 0.0541 e. The Hall–Kier alpha value is -7.22. The van der Waals surface area contributed by atoms with Crippen LogP contribution in [-0.4, -0.2) is 4.57 Å². The molecule has 11 rings (SSSR count). The molecule has 0 saturated heterocycles. The highest BCUT2D eigenvalue weighted by Crippen LogP contribution is 2.37. The minimum atomic E-state index is 1.16. The molecule has 10 aromatic carbocycles. The predicted octanol–water partition coefficient (Wildman–Crippen LogP) is 14.9. The number of para-hydroxylation sites is 1. The van der Waals surface area contributed by atoms with Gasteiger partial charge in [0.2, 0.25) is 0 Å². The number of benzene rings is 10. The molecule has 0 fully saturated rings. The molecule has 0 aliphatic heterocycles. The first-order valence-electron chi connectivity index (χ1n) is 19.0. The predicted molar refractivity (Wildman–Crippen MR) is 235 cm³/mol. The van der Waals surface area contributed by atoms with E-state index in [1.165, 1.54) is 98.6 Å². The highest BCUT2D eigenvalue weighted by atomic mass is 15.0. The Labute approximate surface area is 320 Å². The van der Waals surface area contributed by atoms with Gasteiger partial charge in [0.15, 0.2) is 0 Å². The summed E-state index contributed by atoms with van der Waals surface area (Å²) in [7, 11) is 0. The fourth-order valence-electron chi connectivity index (χ4n) is 8.53. The number of rotatable bonds is 5. The first kappa shape index (κ1) is 31.3. The van der Waals surface area contributed by atoms with E-state index in [4.69, 9.17) is 0 Å². The summed E-state index contributed by atoms with van der Waals surface area (Å²) in [5, 5.41) is 10.1. The Balaban J connectivity index is 0.900. The molecule has 0 saturated carbocycles. The summed E-state index contributed by atoms with van der Waals surface area (Å²) >= 11 is 0. The standard InChI is InChI=1S/C54H35N/c1-2-10-41-32-43(21-20-36(41)8-1)46-25-24-44-33-42(22-23-45(44)34-46)37-16-18-38(19-17-37)47-28-31-54-52(35-47)51-13-5-6-15-53(51)55(54)48-29-26-40(27-30-48)50-14-7-11-39-9-3-4-12-49(39)50/h1-35H. The third-order valence-corrected chi connectivity index (χ3v) is 11.4. The molecule has 11 aromatic rings. The van der Waals surface area contributed by atoms with Crippen LogP contribution in [0.5, 0.6) is 0 Å². The van der Waals surface area contributed by atoms with Gasteiger partial charge in [0.1, 0.15) is 0 Å². The zero-order valence-corrected chi connectivity index (χ0v) is 30.2. The second kappa shape index (κ2) is 12.7. The Morgan fingerprint density at radius 3 is 1.40 bits per heavy atom. The van der Waals surface area contributed by atoms with E-state index in [-0.39, 0.29) is 0 Å². The minimum Gasteiger partial charge on any atom is -0.309 e. The van der Waals surface area contributed by atoms with Crippen molar-refractivity contribution < 1.29 is 0 Å². The van der Waals surface area contributed by atoms with Crippen molar-refractivity contribution in [3.63, 3.8) is 0 Å². The maximum atomic E-state index is 2.40. The molecule has 0 atom stereocenters. The van der Waals surface area contributed by atoms with Gasteiger partial charge < -0.3 is 4.57 Å². The maximum Gasteiger partial charge on any atom is 0.0541 e. The molecule has 256 valence electrons. The van der Waals surface area contributed by atoms with E-state index in [0.717, 1.165) is 5.69 Å². The highest BCUT2D eigenvalue weighted by molar-refractivity contribution is 6.10.